The molecule has 6 heteroatoms. The minimum absolute atomic E-state index is 0.0587. The molecule has 1 heterocycles. The molecule has 0 saturated heterocycles. The van der Waals surface area contributed by atoms with Crippen LogP contribution >= 0.6 is 0 Å². The molecule has 116 valence electrons. The van der Waals surface area contributed by atoms with Gasteiger partial charge in [0.25, 0.3) is 0 Å². The summed E-state index contributed by atoms with van der Waals surface area (Å²) in [5.41, 5.74) is 2.70. The number of nitrogens with one attached hydrogen (secondary N) is 3. The second kappa shape index (κ2) is 5.08. The van der Waals surface area contributed by atoms with Crippen LogP contribution in [0.1, 0.15) is 17.9 Å². The SMILES string of the molecule is O=C(Nc1ccc2[nH]c(=O)[nH]c2c1)C1CC1c1ccc(F)cc1. The molecule has 1 fully saturated rings. The Morgan fingerprint density at radius 1 is 1.09 bits per heavy atom. The third-order valence-corrected chi connectivity index (χ3v) is 4.21. The highest BCUT2D eigenvalue weighted by Gasteiger charge is 2.43. The van der Waals surface area contributed by atoms with Gasteiger partial charge in [0.15, 0.2) is 0 Å². The molecule has 2 aromatic carbocycles. The predicted molar refractivity (Wildman–Crippen MR) is 84.8 cm³/mol. The molecular weight excluding hydrogens is 297 g/mol. The van der Waals surface area contributed by atoms with Gasteiger partial charge in [0.2, 0.25) is 5.91 Å². The van der Waals surface area contributed by atoms with E-state index < -0.39 is 0 Å². The highest BCUT2D eigenvalue weighted by atomic mass is 19.1. The van der Waals surface area contributed by atoms with E-state index in [0.29, 0.717) is 16.7 Å². The number of H-pyrrole nitrogens is 2. The average Bonchev–Trinajstić information content (AvgIpc) is 3.23. The van der Waals surface area contributed by atoms with Crippen LogP contribution in [0.2, 0.25) is 0 Å². The van der Waals surface area contributed by atoms with Gasteiger partial charge in [-0.3, -0.25) is 4.79 Å². The first-order chi connectivity index (χ1) is 11.1. The van der Waals surface area contributed by atoms with Gasteiger partial charge in [-0.05, 0) is 48.2 Å². The summed E-state index contributed by atoms with van der Waals surface area (Å²) in [6.07, 6.45) is 0.765. The number of amides is 1. The molecule has 1 aliphatic rings. The Morgan fingerprint density at radius 3 is 2.61 bits per heavy atom. The number of aromatic nitrogens is 2. The van der Waals surface area contributed by atoms with E-state index in [1.165, 1.54) is 12.1 Å². The first-order valence-electron chi connectivity index (χ1n) is 7.38. The Labute approximate surface area is 130 Å². The molecule has 0 aliphatic heterocycles. The Morgan fingerprint density at radius 2 is 1.83 bits per heavy atom. The van der Waals surface area contributed by atoms with Gasteiger partial charge in [-0.1, -0.05) is 12.1 Å². The number of imidazole rings is 1. The molecule has 2 unspecified atom stereocenters. The normalized spacial score (nSPS) is 19.7. The third-order valence-electron chi connectivity index (χ3n) is 4.21. The summed E-state index contributed by atoms with van der Waals surface area (Å²) < 4.78 is 12.9. The minimum Gasteiger partial charge on any atom is -0.326 e. The lowest BCUT2D eigenvalue weighted by Gasteiger charge is -2.05. The average molecular weight is 311 g/mol. The lowest BCUT2D eigenvalue weighted by Crippen LogP contribution is -2.14. The number of carbonyl (C=O) groups excluding carboxylic acids is 1. The largest absolute Gasteiger partial charge is 0.326 e. The molecule has 4 rings (SSSR count). The Balaban J connectivity index is 1.47. The standard InChI is InChI=1S/C17H14FN3O2/c18-10-3-1-9(2-4-10)12-8-13(12)16(22)19-11-5-6-14-15(7-11)21-17(23)20-14/h1-7,12-13H,8H2,(H,19,22)(H2,20,21,23). The molecule has 0 radical (unpaired) electrons. The van der Waals surface area contributed by atoms with E-state index in [1.54, 1.807) is 30.3 Å². The summed E-state index contributed by atoms with van der Waals surface area (Å²) in [5, 5.41) is 2.87. The maximum absolute atomic E-state index is 12.9. The fourth-order valence-corrected chi connectivity index (χ4v) is 2.91. The van der Waals surface area contributed by atoms with Crippen molar-refractivity contribution in [3.8, 4) is 0 Å². The predicted octanol–water partition coefficient (Wildman–Crippen LogP) is 2.74. The molecule has 1 aromatic heterocycles. The van der Waals surface area contributed by atoms with Gasteiger partial charge in [0.05, 0.1) is 11.0 Å². The number of halogens is 1. The molecule has 0 spiro atoms. The molecular formula is C17H14FN3O2. The zero-order chi connectivity index (χ0) is 16.0. The van der Waals surface area contributed by atoms with E-state index in [1.807, 2.05) is 0 Å². The van der Waals surface area contributed by atoms with E-state index in [4.69, 9.17) is 0 Å². The van der Waals surface area contributed by atoms with Gasteiger partial charge in [0.1, 0.15) is 5.82 Å². The van der Waals surface area contributed by atoms with Crippen LogP contribution < -0.4 is 11.0 Å². The van der Waals surface area contributed by atoms with Crippen LogP contribution in [0.4, 0.5) is 10.1 Å². The minimum atomic E-state index is -0.276. The highest BCUT2D eigenvalue weighted by Crippen LogP contribution is 2.48. The summed E-state index contributed by atoms with van der Waals surface area (Å²) in [6, 6.07) is 11.5. The number of fused-ring (bicyclic) bond motifs is 1. The van der Waals surface area contributed by atoms with Crippen molar-refractivity contribution in [2.75, 3.05) is 5.32 Å². The number of benzene rings is 2. The molecule has 5 nitrogen and oxygen atoms in total. The summed E-state index contributed by atoms with van der Waals surface area (Å²) in [5.74, 6) is -0.284. The zero-order valence-corrected chi connectivity index (χ0v) is 12.1. The summed E-state index contributed by atoms with van der Waals surface area (Å²) in [4.78, 5) is 28.9. The molecule has 23 heavy (non-hydrogen) atoms. The Kier molecular flexibility index (Phi) is 3.04. The van der Waals surface area contributed by atoms with Gasteiger partial charge in [0, 0.05) is 11.6 Å². The van der Waals surface area contributed by atoms with Crippen molar-refractivity contribution in [1.82, 2.24) is 9.97 Å². The smallest absolute Gasteiger partial charge is 0.323 e. The van der Waals surface area contributed by atoms with Crippen molar-refractivity contribution in [2.45, 2.75) is 12.3 Å². The number of carbonyl (C=O) groups is 1. The zero-order valence-electron chi connectivity index (χ0n) is 12.1. The highest BCUT2D eigenvalue weighted by molar-refractivity contribution is 5.96. The van der Waals surface area contributed by atoms with Crippen LogP contribution in [-0.4, -0.2) is 15.9 Å². The summed E-state index contributed by atoms with van der Waals surface area (Å²) >= 11 is 0. The van der Waals surface area contributed by atoms with Crippen molar-refractivity contribution < 1.29 is 9.18 Å². The lowest BCUT2D eigenvalue weighted by atomic mass is 10.1. The first kappa shape index (κ1) is 13.8. The van der Waals surface area contributed by atoms with Gasteiger partial charge in [-0.15, -0.1) is 0 Å². The third kappa shape index (κ3) is 2.63. The van der Waals surface area contributed by atoms with E-state index in [-0.39, 0.29) is 29.2 Å². The topological polar surface area (TPSA) is 77.8 Å². The summed E-state index contributed by atoms with van der Waals surface area (Å²) in [6.45, 7) is 0. The quantitative estimate of drug-likeness (QED) is 0.695. The van der Waals surface area contributed by atoms with Gasteiger partial charge < -0.3 is 15.3 Å². The van der Waals surface area contributed by atoms with Crippen LogP contribution in [-0.2, 0) is 4.79 Å². The maximum atomic E-state index is 12.9. The van der Waals surface area contributed by atoms with Crippen molar-refractivity contribution in [3.05, 3.63) is 64.3 Å². The fourth-order valence-electron chi connectivity index (χ4n) is 2.91. The van der Waals surface area contributed by atoms with Crippen molar-refractivity contribution in [3.63, 3.8) is 0 Å². The Bertz CT molecular complexity index is 942. The van der Waals surface area contributed by atoms with E-state index >= 15 is 0 Å². The van der Waals surface area contributed by atoms with Gasteiger partial charge in [-0.2, -0.15) is 0 Å². The van der Waals surface area contributed by atoms with Gasteiger partial charge >= 0.3 is 5.69 Å². The number of hydrogen-bond acceptors (Lipinski definition) is 2. The monoisotopic (exact) mass is 311 g/mol. The molecule has 2 atom stereocenters. The van der Waals surface area contributed by atoms with Crippen LogP contribution in [0.3, 0.4) is 0 Å². The van der Waals surface area contributed by atoms with Crippen LogP contribution in [0.15, 0.2) is 47.3 Å². The fraction of sp³-hybridized carbons (Fsp3) is 0.176. The lowest BCUT2D eigenvalue weighted by molar-refractivity contribution is -0.117. The van der Waals surface area contributed by atoms with Crippen molar-refractivity contribution in [2.24, 2.45) is 5.92 Å². The Hall–Kier alpha value is -2.89. The second-order valence-corrected chi connectivity index (χ2v) is 5.83. The number of aromatic amines is 2. The van der Waals surface area contributed by atoms with Crippen molar-refractivity contribution in [1.29, 1.82) is 0 Å². The van der Waals surface area contributed by atoms with Crippen LogP contribution in [0.5, 0.6) is 0 Å². The maximum Gasteiger partial charge on any atom is 0.323 e. The number of rotatable bonds is 3. The van der Waals surface area contributed by atoms with Gasteiger partial charge in [-0.25, -0.2) is 9.18 Å². The first-order valence-corrected chi connectivity index (χ1v) is 7.38. The van der Waals surface area contributed by atoms with E-state index in [9.17, 15) is 14.0 Å². The molecule has 1 amide bonds. The van der Waals surface area contributed by atoms with Crippen molar-refractivity contribution >= 4 is 22.6 Å². The number of hydrogen-bond donors (Lipinski definition) is 3. The molecule has 1 aliphatic carbocycles. The van der Waals surface area contributed by atoms with Crippen LogP contribution in [0, 0.1) is 11.7 Å². The molecule has 1 saturated carbocycles. The van der Waals surface area contributed by atoms with E-state index in [2.05, 4.69) is 15.3 Å². The molecule has 3 aromatic rings. The molecule has 0 bridgehead atoms. The van der Waals surface area contributed by atoms with E-state index in [0.717, 1.165) is 12.0 Å². The van der Waals surface area contributed by atoms with Crippen LogP contribution in [0.25, 0.3) is 11.0 Å². The molecule has 3 N–H and O–H groups in total. The number of anilines is 1. The second-order valence-electron chi connectivity index (χ2n) is 5.83. The summed E-state index contributed by atoms with van der Waals surface area (Å²) in [7, 11) is 0.